The maximum Gasteiger partial charge on any atom is 0.266 e. The van der Waals surface area contributed by atoms with E-state index in [2.05, 4.69) is 37.2 Å². The minimum absolute atomic E-state index is 0.0608. The van der Waals surface area contributed by atoms with E-state index in [-0.39, 0.29) is 5.57 Å². The summed E-state index contributed by atoms with van der Waals surface area (Å²) in [6.45, 7) is 4.59. The van der Waals surface area contributed by atoms with Crippen molar-refractivity contribution < 1.29 is 9.53 Å². The van der Waals surface area contributed by atoms with Gasteiger partial charge in [0.25, 0.3) is 5.91 Å². The molecule has 0 saturated carbocycles. The number of amides is 1. The zero-order valence-corrected chi connectivity index (χ0v) is 18.7. The van der Waals surface area contributed by atoms with Crippen LogP contribution in [-0.2, 0) is 4.79 Å². The van der Waals surface area contributed by atoms with Gasteiger partial charge in [-0.1, -0.05) is 53.5 Å². The third-order valence-corrected chi connectivity index (χ3v) is 4.76. The Morgan fingerprint density at radius 3 is 2.67 bits per heavy atom. The van der Waals surface area contributed by atoms with E-state index < -0.39 is 5.91 Å². The molecular formula is C20H17Br2ClN2O2. The normalized spacial score (nSPS) is 11.2. The predicted molar refractivity (Wildman–Crippen MR) is 116 cm³/mol. The molecule has 0 bridgehead atoms. The van der Waals surface area contributed by atoms with Crippen molar-refractivity contribution in [3.05, 3.63) is 61.5 Å². The standard InChI is InChI=1S/C20H17Br2ClN2O2/c1-12(2)11-27-19-13(8-15(21)9-16(19)22)7-14(10-24)20(26)25-18-6-4-3-5-17(18)23/h3-9,12H,11H2,1-2H3,(H,25,26)/b14-7+. The molecule has 0 aliphatic rings. The number of hydrogen-bond donors (Lipinski definition) is 1. The first kappa shape index (κ1) is 21.5. The van der Waals surface area contributed by atoms with Gasteiger partial charge in [-0.05, 0) is 52.2 Å². The number of halogens is 3. The average molecular weight is 513 g/mol. The third-order valence-electron chi connectivity index (χ3n) is 3.39. The Balaban J connectivity index is 2.37. The lowest BCUT2D eigenvalue weighted by Crippen LogP contribution is -2.14. The first-order valence-corrected chi connectivity index (χ1v) is 10.1. The van der Waals surface area contributed by atoms with E-state index in [0.29, 0.717) is 34.5 Å². The highest BCUT2D eigenvalue weighted by molar-refractivity contribution is 9.11. The summed E-state index contributed by atoms with van der Waals surface area (Å²) in [5, 5.41) is 12.5. The molecular weight excluding hydrogens is 495 g/mol. The van der Waals surface area contributed by atoms with Crippen molar-refractivity contribution in [3.63, 3.8) is 0 Å². The summed E-state index contributed by atoms with van der Waals surface area (Å²) in [5.41, 5.74) is 0.995. The molecule has 0 spiro atoms. The molecule has 140 valence electrons. The third kappa shape index (κ3) is 6.10. The minimum Gasteiger partial charge on any atom is -0.492 e. The summed E-state index contributed by atoms with van der Waals surface area (Å²) < 4.78 is 7.39. The van der Waals surface area contributed by atoms with E-state index >= 15 is 0 Å². The maximum atomic E-state index is 12.5. The fraction of sp³-hybridized carbons (Fsp3) is 0.200. The molecule has 0 aliphatic heterocycles. The number of nitrogens with zero attached hydrogens (tertiary/aromatic N) is 1. The van der Waals surface area contributed by atoms with Gasteiger partial charge in [0.2, 0.25) is 0 Å². The van der Waals surface area contributed by atoms with Crippen LogP contribution in [-0.4, -0.2) is 12.5 Å². The Kier molecular flexibility index (Phi) is 7.91. The van der Waals surface area contributed by atoms with Gasteiger partial charge in [0.15, 0.2) is 0 Å². The zero-order valence-electron chi connectivity index (χ0n) is 14.7. The second-order valence-corrected chi connectivity index (χ2v) is 8.29. The summed E-state index contributed by atoms with van der Waals surface area (Å²) in [6.07, 6.45) is 1.50. The molecule has 0 heterocycles. The first-order valence-electron chi connectivity index (χ1n) is 8.11. The molecule has 4 nitrogen and oxygen atoms in total. The Labute approximate surface area is 180 Å². The highest BCUT2D eigenvalue weighted by atomic mass is 79.9. The topological polar surface area (TPSA) is 62.1 Å². The summed E-state index contributed by atoms with van der Waals surface area (Å²) in [7, 11) is 0. The molecule has 0 fully saturated rings. The number of rotatable bonds is 6. The van der Waals surface area contributed by atoms with Crippen molar-refractivity contribution in [2.24, 2.45) is 5.92 Å². The average Bonchev–Trinajstić information content (AvgIpc) is 2.60. The molecule has 0 saturated heterocycles. The van der Waals surface area contributed by atoms with E-state index in [1.165, 1.54) is 6.08 Å². The van der Waals surface area contributed by atoms with Crippen molar-refractivity contribution in [3.8, 4) is 11.8 Å². The summed E-state index contributed by atoms with van der Waals surface area (Å²) in [4.78, 5) is 12.5. The number of carbonyl (C=O) groups is 1. The van der Waals surface area contributed by atoms with Crippen LogP contribution >= 0.6 is 43.5 Å². The van der Waals surface area contributed by atoms with Gasteiger partial charge in [-0.25, -0.2) is 0 Å². The van der Waals surface area contributed by atoms with Crippen LogP contribution in [0.4, 0.5) is 5.69 Å². The molecule has 2 rings (SSSR count). The molecule has 0 radical (unpaired) electrons. The number of nitrogens with one attached hydrogen (secondary N) is 1. The number of para-hydroxylation sites is 1. The van der Waals surface area contributed by atoms with E-state index in [1.807, 2.05) is 26.0 Å². The van der Waals surface area contributed by atoms with Crippen LogP contribution in [0.3, 0.4) is 0 Å². The second-order valence-electron chi connectivity index (χ2n) is 6.11. The smallest absolute Gasteiger partial charge is 0.266 e. The van der Waals surface area contributed by atoms with Crippen LogP contribution in [0, 0.1) is 17.2 Å². The molecule has 1 amide bonds. The van der Waals surface area contributed by atoms with Crippen LogP contribution in [0.2, 0.25) is 5.02 Å². The Bertz CT molecular complexity index is 921. The lowest BCUT2D eigenvalue weighted by atomic mass is 10.1. The highest BCUT2D eigenvalue weighted by Gasteiger charge is 2.15. The fourth-order valence-electron chi connectivity index (χ4n) is 2.15. The van der Waals surface area contributed by atoms with Crippen molar-refractivity contribution in [1.29, 1.82) is 5.26 Å². The van der Waals surface area contributed by atoms with E-state index in [4.69, 9.17) is 16.3 Å². The number of nitriles is 1. The van der Waals surface area contributed by atoms with Gasteiger partial charge in [-0.2, -0.15) is 5.26 Å². The highest BCUT2D eigenvalue weighted by Crippen LogP contribution is 2.35. The van der Waals surface area contributed by atoms with Gasteiger partial charge < -0.3 is 10.1 Å². The second kappa shape index (κ2) is 9.93. The van der Waals surface area contributed by atoms with Crippen LogP contribution in [0.25, 0.3) is 6.08 Å². The molecule has 2 aromatic carbocycles. The molecule has 0 unspecified atom stereocenters. The van der Waals surface area contributed by atoms with Crippen LogP contribution in [0.15, 0.2) is 50.9 Å². The van der Waals surface area contributed by atoms with Gasteiger partial charge in [0.05, 0.1) is 21.8 Å². The molecule has 0 aromatic heterocycles. The van der Waals surface area contributed by atoms with Crippen molar-refractivity contribution in [2.45, 2.75) is 13.8 Å². The summed E-state index contributed by atoms with van der Waals surface area (Å²) >= 11 is 13.0. The van der Waals surface area contributed by atoms with E-state index in [0.717, 1.165) is 8.95 Å². The molecule has 1 N–H and O–H groups in total. The largest absolute Gasteiger partial charge is 0.492 e. The first-order chi connectivity index (χ1) is 12.8. The molecule has 7 heteroatoms. The maximum absolute atomic E-state index is 12.5. The summed E-state index contributed by atoms with van der Waals surface area (Å²) in [6, 6.07) is 12.4. The van der Waals surface area contributed by atoms with Crippen LogP contribution in [0.1, 0.15) is 19.4 Å². The van der Waals surface area contributed by atoms with Gasteiger partial charge in [0.1, 0.15) is 17.4 Å². The Morgan fingerprint density at radius 2 is 2.04 bits per heavy atom. The number of ether oxygens (including phenoxy) is 1. The summed E-state index contributed by atoms with van der Waals surface area (Å²) in [5.74, 6) is 0.359. The molecule has 0 aliphatic carbocycles. The molecule has 27 heavy (non-hydrogen) atoms. The van der Waals surface area contributed by atoms with Crippen molar-refractivity contribution in [1.82, 2.24) is 0 Å². The molecule has 0 atom stereocenters. The SMILES string of the molecule is CC(C)COc1c(Br)cc(Br)cc1/C=C(\C#N)C(=O)Nc1ccccc1Cl. The Hall–Kier alpha value is -1.81. The predicted octanol–water partition coefficient (Wildman–Crippen LogP) is 6.45. The van der Waals surface area contributed by atoms with Gasteiger partial charge >= 0.3 is 0 Å². The lowest BCUT2D eigenvalue weighted by molar-refractivity contribution is -0.112. The van der Waals surface area contributed by atoms with Crippen LogP contribution in [0.5, 0.6) is 5.75 Å². The minimum atomic E-state index is -0.545. The number of hydrogen-bond acceptors (Lipinski definition) is 3. The van der Waals surface area contributed by atoms with E-state index in [1.54, 1.807) is 30.3 Å². The van der Waals surface area contributed by atoms with Gasteiger partial charge in [-0.15, -0.1) is 0 Å². The fourth-order valence-corrected chi connectivity index (χ4v) is 3.70. The number of anilines is 1. The quantitative estimate of drug-likeness (QED) is 0.358. The van der Waals surface area contributed by atoms with Crippen molar-refractivity contribution in [2.75, 3.05) is 11.9 Å². The van der Waals surface area contributed by atoms with E-state index in [9.17, 15) is 10.1 Å². The monoisotopic (exact) mass is 510 g/mol. The number of benzene rings is 2. The van der Waals surface area contributed by atoms with Crippen LogP contribution < -0.4 is 10.1 Å². The Morgan fingerprint density at radius 1 is 1.33 bits per heavy atom. The van der Waals surface area contributed by atoms with Crippen molar-refractivity contribution >= 4 is 61.1 Å². The number of carbonyl (C=O) groups excluding carboxylic acids is 1. The van der Waals surface area contributed by atoms with Gasteiger partial charge in [-0.3, -0.25) is 4.79 Å². The molecule has 2 aromatic rings. The zero-order chi connectivity index (χ0) is 20.0. The lowest BCUT2D eigenvalue weighted by Gasteiger charge is -2.14. The van der Waals surface area contributed by atoms with Gasteiger partial charge in [0, 0.05) is 10.0 Å².